The van der Waals surface area contributed by atoms with Gasteiger partial charge in [0.05, 0.1) is 12.8 Å². The number of aliphatic hydroxyl groups is 1. The lowest BCUT2D eigenvalue weighted by molar-refractivity contribution is 0.241. The van der Waals surface area contributed by atoms with E-state index in [0.717, 1.165) is 11.4 Å². The molecule has 2 aromatic rings. The third-order valence-electron chi connectivity index (χ3n) is 2.61. The maximum atomic E-state index is 9.36. The first-order valence-corrected chi connectivity index (χ1v) is 6.95. The highest BCUT2D eigenvalue weighted by molar-refractivity contribution is 7.15. The van der Waals surface area contributed by atoms with Gasteiger partial charge in [0.2, 0.25) is 0 Å². The Hall–Kier alpha value is -0.940. The molecule has 0 fully saturated rings. The minimum absolute atomic E-state index is 0.0371. The molecule has 0 bridgehead atoms. The number of thiazole rings is 1. The Morgan fingerprint density at radius 1 is 1.33 bits per heavy atom. The fourth-order valence-corrected chi connectivity index (χ4v) is 2.61. The molecule has 1 heterocycles. The Morgan fingerprint density at radius 3 is 2.72 bits per heavy atom. The number of aliphatic hydroxyl groups excluding tert-OH is 1. The number of hydrogen-bond acceptors (Lipinski definition) is 4. The molecule has 1 atom stereocenters. The van der Waals surface area contributed by atoms with Gasteiger partial charge in [0.25, 0.3) is 0 Å². The van der Waals surface area contributed by atoms with Crippen molar-refractivity contribution in [2.45, 2.75) is 19.0 Å². The minimum Gasteiger partial charge on any atom is -0.395 e. The summed E-state index contributed by atoms with van der Waals surface area (Å²) >= 11 is 7.27. The number of nitrogens with zero attached hydrogens (tertiary/aromatic N) is 1. The van der Waals surface area contributed by atoms with Crippen LogP contribution in [0.4, 0.5) is 0 Å². The van der Waals surface area contributed by atoms with Crippen molar-refractivity contribution in [2.75, 3.05) is 6.61 Å². The second-order valence-electron chi connectivity index (χ2n) is 4.01. The third kappa shape index (κ3) is 4.07. The Bertz CT molecular complexity index is 475. The average molecular weight is 283 g/mol. The van der Waals surface area contributed by atoms with Crippen LogP contribution in [-0.2, 0) is 13.0 Å². The lowest BCUT2D eigenvalue weighted by atomic mass is 10.1. The predicted octanol–water partition coefficient (Wildman–Crippen LogP) is 2.49. The molecule has 18 heavy (non-hydrogen) atoms. The van der Waals surface area contributed by atoms with Crippen LogP contribution in [0.15, 0.2) is 36.5 Å². The van der Waals surface area contributed by atoms with Crippen LogP contribution < -0.4 is 5.32 Å². The zero-order valence-corrected chi connectivity index (χ0v) is 11.4. The lowest BCUT2D eigenvalue weighted by Gasteiger charge is -2.15. The number of nitrogens with one attached hydrogen (secondary N) is 1. The van der Waals surface area contributed by atoms with Crippen molar-refractivity contribution < 1.29 is 5.11 Å². The molecular formula is C13H15ClN2OS. The van der Waals surface area contributed by atoms with E-state index in [1.165, 1.54) is 16.9 Å². The molecule has 5 heteroatoms. The zero-order chi connectivity index (χ0) is 12.8. The summed E-state index contributed by atoms with van der Waals surface area (Å²) in [5.41, 5.74) is 1.21. The molecule has 0 spiro atoms. The number of aromatic nitrogens is 1. The van der Waals surface area contributed by atoms with Crippen molar-refractivity contribution in [3.63, 3.8) is 0 Å². The van der Waals surface area contributed by atoms with Gasteiger partial charge in [-0.15, -0.1) is 11.3 Å². The summed E-state index contributed by atoms with van der Waals surface area (Å²) in [5.74, 6) is 0. The van der Waals surface area contributed by atoms with Crippen LogP contribution in [0, 0.1) is 0 Å². The highest BCUT2D eigenvalue weighted by Gasteiger charge is 2.09. The van der Waals surface area contributed by atoms with E-state index in [1.807, 2.05) is 18.2 Å². The number of rotatable bonds is 6. The minimum atomic E-state index is 0.0371. The van der Waals surface area contributed by atoms with Crippen molar-refractivity contribution in [2.24, 2.45) is 0 Å². The standard InChI is InChI=1S/C13H15ClN2OS/c14-12-7-16-13(18-12)8-15-11(9-17)6-10-4-2-1-3-5-10/h1-5,7,11,15,17H,6,8-9H2/t11-/m0/s1. The van der Waals surface area contributed by atoms with Gasteiger partial charge in [0.15, 0.2) is 0 Å². The first kappa shape index (κ1) is 13.5. The topological polar surface area (TPSA) is 45.1 Å². The lowest BCUT2D eigenvalue weighted by Crippen LogP contribution is -2.33. The van der Waals surface area contributed by atoms with Gasteiger partial charge in [0, 0.05) is 12.6 Å². The van der Waals surface area contributed by atoms with Gasteiger partial charge in [-0.3, -0.25) is 0 Å². The quantitative estimate of drug-likeness (QED) is 0.856. The summed E-state index contributed by atoms with van der Waals surface area (Å²) in [6.45, 7) is 0.740. The summed E-state index contributed by atoms with van der Waals surface area (Å²) in [7, 11) is 0. The Morgan fingerprint density at radius 2 is 2.11 bits per heavy atom. The van der Waals surface area contributed by atoms with E-state index in [1.54, 1.807) is 6.20 Å². The van der Waals surface area contributed by atoms with Crippen molar-refractivity contribution >= 4 is 22.9 Å². The van der Waals surface area contributed by atoms with Gasteiger partial charge in [-0.2, -0.15) is 0 Å². The molecule has 2 N–H and O–H groups in total. The van der Waals surface area contributed by atoms with Crippen molar-refractivity contribution in [1.29, 1.82) is 0 Å². The monoisotopic (exact) mass is 282 g/mol. The number of hydrogen-bond donors (Lipinski definition) is 2. The van der Waals surface area contributed by atoms with E-state index in [4.69, 9.17) is 11.6 Å². The third-order valence-corrected chi connectivity index (χ3v) is 3.73. The van der Waals surface area contributed by atoms with E-state index < -0.39 is 0 Å². The van der Waals surface area contributed by atoms with E-state index in [-0.39, 0.29) is 12.6 Å². The van der Waals surface area contributed by atoms with Crippen LogP contribution in [-0.4, -0.2) is 22.7 Å². The van der Waals surface area contributed by atoms with Crippen molar-refractivity contribution in [3.05, 3.63) is 51.4 Å². The summed E-state index contributed by atoms with van der Waals surface area (Å²) < 4.78 is 0.690. The molecule has 0 saturated heterocycles. The highest BCUT2D eigenvalue weighted by Crippen LogP contribution is 2.18. The van der Waals surface area contributed by atoms with Crippen LogP contribution in [0.3, 0.4) is 0 Å². The van der Waals surface area contributed by atoms with Gasteiger partial charge in [-0.25, -0.2) is 4.98 Å². The van der Waals surface area contributed by atoms with E-state index >= 15 is 0 Å². The van der Waals surface area contributed by atoms with Crippen molar-refractivity contribution in [3.8, 4) is 0 Å². The van der Waals surface area contributed by atoms with Crippen LogP contribution in [0.2, 0.25) is 4.34 Å². The van der Waals surface area contributed by atoms with Crippen LogP contribution in [0.1, 0.15) is 10.6 Å². The molecule has 0 aliphatic heterocycles. The van der Waals surface area contributed by atoms with Crippen LogP contribution in [0.5, 0.6) is 0 Å². The summed E-state index contributed by atoms with van der Waals surface area (Å²) in [4.78, 5) is 4.17. The fraction of sp³-hybridized carbons (Fsp3) is 0.308. The molecule has 0 aliphatic rings. The molecule has 0 amide bonds. The first-order chi connectivity index (χ1) is 8.78. The highest BCUT2D eigenvalue weighted by atomic mass is 35.5. The maximum Gasteiger partial charge on any atom is 0.113 e. The van der Waals surface area contributed by atoms with E-state index in [2.05, 4.69) is 22.4 Å². The van der Waals surface area contributed by atoms with Gasteiger partial charge >= 0.3 is 0 Å². The predicted molar refractivity (Wildman–Crippen MR) is 75.0 cm³/mol. The molecule has 0 aliphatic carbocycles. The van der Waals surface area contributed by atoms with Crippen molar-refractivity contribution in [1.82, 2.24) is 10.3 Å². The summed E-state index contributed by atoms with van der Waals surface area (Å²) in [5, 5.41) is 13.6. The molecule has 0 unspecified atom stereocenters. The second kappa shape index (κ2) is 6.85. The normalized spacial score (nSPS) is 12.6. The molecule has 0 radical (unpaired) electrons. The van der Waals surface area contributed by atoms with Gasteiger partial charge in [-0.05, 0) is 12.0 Å². The Kier molecular flexibility index (Phi) is 5.13. The molecule has 1 aromatic carbocycles. The molecule has 2 rings (SSSR count). The van der Waals surface area contributed by atoms with Gasteiger partial charge in [0.1, 0.15) is 9.34 Å². The summed E-state index contributed by atoms with van der Waals surface area (Å²) in [6, 6.07) is 10.2. The van der Waals surface area contributed by atoms with Crippen LogP contribution >= 0.6 is 22.9 Å². The molecular weight excluding hydrogens is 268 g/mol. The Balaban J connectivity index is 1.86. The summed E-state index contributed by atoms with van der Waals surface area (Å²) in [6.07, 6.45) is 2.45. The maximum absolute atomic E-state index is 9.36. The van der Waals surface area contributed by atoms with E-state index in [0.29, 0.717) is 10.9 Å². The largest absolute Gasteiger partial charge is 0.395 e. The molecule has 3 nitrogen and oxygen atoms in total. The number of halogens is 1. The average Bonchev–Trinajstić information content (AvgIpc) is 2.81. The first-order valence-electron chi connectivity index (χ1n) is 5.76. The molecule has 96 valence electrons. The molecule has 1 aromatic heterocycles. The zero-order valence-electron chi connectivity index (χ0n) is 9.84. The molecule has 0 saturated carbocycles. The van der Waals surface area contributed by atoms with Gasteiger partial charge in [-0.1, -0.05) is 41.9 Å². The van der Waals surface area contributed by atoms with E-state index in [9.17, 15) is 5.11 Å². The second-order valence-corrected chi connectivity index (χ2v) is 5.75. The van der Waals surface area contributed by atoms with Crippen LogP contribution in [0.25, 0.3) is 0 Å². The Labute approximate surface area is 115 Å². The van der Waals surface area contributed by atoms with Gasteiger partial charge < -0.3 is 10.4 Å². The smallest absolute Gasteiger partial charge is 0.113 e. The fourth-order valence-electron chi connectivity index (χ4n) is 1.70. The SMILES string of the molecule is OC[C@H](Cc1ccccc1)NCc1ncc(Cl)s1. The number of benzene rings is 1.